The number of carbonyl (C=O) groups excluding carboxylic acids is 2. The summed E-state index contributed by atoms with van der Waals surface area (Å²) < 4.78 is 10.8. The molecular weight excluding hydrogens is 312 g/mol. The van der Waals surface area contributed by atoms with Crippen molar-refractivity contribution in [1.29, 1.82) is 0 Å². The van der Waals surface area contributed by atoms with E-state index in [1.807, 2.05) is 0 Å². The van der Waals surface area contributed by atoms with Crippen LogP contribution in [0, 0.1) is 0 Å². The first-order valence-electron chi connectivity index (χ1n) is 8.79. The molecule has 1 amide bonds. The maximum Gasteiger partial charge on any atom is 0.532 e. The van der Waals surface area contributed by atoms with E-state index in [0.717, 1.165) is 12.8 Å². The third kappa shape index (κ3) is 10.2. The zero-order valence-electron chi connectivity index (χ0n) is 14.3. The summed E-state index contributed by atoms with van der Waals surface area (Å²) in [7, 11) is 0. The van der Waals surface area contributed by atoms with Gasteiger partial charge in [0.2, 0.25) is 0 Å². The van der Waals surface area contributed by atoms with E-state index in [0.29, 0.717) is 32.4 Å². The van der Waals surface area contributed by atoms with Gasteiger partial charge in [0.25, 0.3) is 0 Å². The van der Waals surface area contributed by atoms with Crippen molar-refractivity contribution in [1.82, 2.24) is 5.32 Å². The summed E-state index contributed by atoms with van der Waals surface area (Å²) >= 11 is 0. The van der Waals surface area contributed by atoms with Crippen LogP contribution in [0.4, 0.5) is 4.79 Å². The summed E-state index contributed by atoms with van der Waals surface area (Å²) in [5.41, 5.74) is 5.45. The topological polar surface area (TPSA) is 114 Å². The third-order valence-corrected chi connectivity index (χ3v) is 3.91. The predicted octanol–water partition coefficient (Wildman–Crippen LogP) is 1.37. The van der Waals surface area contributed by atoms with Crippen LogP contribution in [0.5, 0.6) is 0 Å². The number of allylic oxidation sites excluding steroid dienone is 1. The molecule has 0 aromatic rings. The molecule has 0 saturated carbocycles. The first-order valence-corrected chi connectivity index (χ1v) is 8.79. The summed E-state index contributed by atoms with van der Waals surface area (Å²) in [6.45, 7) is 1.08. The number of ether oxygens (including phenoxy) is 2. The van der Waals surface area contributed by atoms with Crippen LogP contribution in [0.15, 0.2) is 12.2 Å². The standard InChI is InChI=1S/C17H30N2O5/c18-15(16(20)21)10-6-7-11-19-17(22)24-13-12-23-14-8-4-2-1-3-5-9-14/h4,8,14-15H,1-3,5-7,9-13,18H2,(H,19,22)(H,20,21)/p+1. The molecule has 1 aliphatic rings. The van der Waals surface area contributed by atoms with Crippen LogP contribution in [-0.4, -0.2) is 49.1 Å². The van der Waals surface area contributed by atoms with Gasteiger partial charge in [-0.25, -0.2) is 4.79 Å². The van der Waals surface area contributed by atoms with Gasteiger partial charge >= 0.3 is 12.1 Å². The van der Waals surface area contributed by atoms with Crippen molar-refractivity contribution in [2.24, 2.45) is 5.73 Å². The summed E-state index contributed by atoms with van der Waals surface area (Å²) in [5, 5.41) is 9.49. The second-order valence-electron chi connectivity index (χ2n) is 6.00. The van der Waals surface area contributed by atoms with Gasteiger partial charge in [0.1, 0.15) is 6.61 Å². The van der Waals surface area contributed by atoms with Crippen molar-refractivity contribution in [3.05, 3.63) is 12.2 Å². The Balaban J connectivity index is 1.97. The molecule has 0 aromatic carbocycles. The molecule has 2 unspecified atom stereocenters. The minimum absolute atomic E-state index is 0.126. The molecular formula is C17H31N2O5+. The molecule has 24 heavy (non-hydrogen) atoms. The molecule has 1 rings (SSSR count). The van der Waals surface area contributed by atoms with Gasteiger partial charge in [0.05, 0.1) is 12.7 Å². The Labute approximate surface area is 143 Å². The van der Waals surface area contributed by atoms with Crippen molar-refractivity contribution in [3.8, 4) is 0 Å². The van der Waals surface area contributed by atoms with E-state index in [2.05, 4.69) is 17.5 Å². The number of nitrogens with two attached hydrogens (primary N) is 1. The van der Waals surface area contributed by atoms with E-state index in [1.54, 1.807) is 0 Å². The fraction of sp³-hybridized carbons (Fsp3) is 0.765. The van der Waals surface area contributed by atoms with Crippen LogP contribution >= 0.6 is 0 Å². The largest absolute Gasteiger partial charge is 0.564 e. The monoisotopic (exact) mass is 343 g/mol. The van der Waals surface area contributed by atoms with Crippen LogP contribution in [0.25, 0.3) is 0 Å². The van der Waals surface area contributed by atoms with Crippen molar-refractivity contribution < 1.29 is 24.2 Å². The summed E-state index contributed by atoms with van der Waals surface area (Å²) in [4.78, 5) is 22.1. The van der Waals surface area contributed by atoms with Crippen molar-refractivity contribution >= 4 is 12.1 Å². The minimum atomic E-state index is -0.749. The maximum absolute atomic E-state index is 11.5. The molecule has 2 atom stereocenters. The lowest BCUT2D eigenvalue weighted by Crippen LogP contribution is -2.30. The van der Waals surface area contributed by atoms with E-state index in [1.165, 1.54) is 19.3 Å². The number of unbranched alkanes of at least 4 members (excludes halogenated alkanes) is 1. The Morgan fingerprint density at radius 2 is 2.08 bits per heavy atom. The van der Waals surface area contributed by atoms with Crippen molar-refractivity contribution in [2.75, 3.05) is 19.8 Å². The Hall–Kier alpha value is -1.60. The lowest BCUT2D eigenvalue weighted by Gasteiger charge is -2.16. The lowest BCUT2D eigenvalue weighted by atomic mass is 10.0. The molecule has 0 spiro atoms. The fourth-order valence-electron chi connectivity index (χ4n) is 2.46. The van der Waals surface area contributed by atoms with E-state index < -0.39 is 18.1 Å². The summed E-state index contributed by atoms with van der Waals surface area (Å²) in [5.74, 6) is -0.749. The van der Waals surface area contributed by atoms with Gasteiger partial charge in [-0.1, -0.05) is 25.0 Å². The van der Waals surface area contributed by atoms with Gasteiger partial charge in [0, 0.05) is 11.3 Å². The number of nitrogens with one attached hydrogen (secondary N) is 1. The van der Waals surface area contributed by atoms with Crippen molar-refractivity contribution in [2.45, 2.75) is 63.5 Å². The number of hydrogen-bond acceptors (Lipinski definition) is 5. The first kappa shape index (κ1) is 20.4. The van der Waals surface area contributed by atoms with Crippen LogP contribution in [0.2, 0.25) is 0 Å². The average Bonchev–Trinajstić information content (AvgIpc) is 2.52. The molecule has 0 fully saturated rings. The summed E-state index contributed by atoms with van der Waals surface area (Å²) in [6, 6.07) is -0.726. The zero-order chi connectivity index (χ0) is 17.6. The minimum Gasteiger partial charge on any atom is -0.564 e. The van der Waals surface area contributed by atoms with Gasteiger partial charge in [-0.15, -0.1) is 0 Å². The van der Waals surface area contributed by atoms with Gasteiger partial charge in [-0.2, -0.15) is 0 Å². The second-order valence-corrected chi connectivity index (χ2v) is 6.00. The molecule has 0 heterocycles. The normalized spacial score (nSPS) is 19.1. The molecule has 7 heteroatoms. The van der Waals surface area contributed by atoms with Crippen molar-refractivity contribution in [3.63, 3.8) is 0 Å². The average molecular weight is 343 g/mol. The molecule has 138 valence electrons. The number of rotatable bonds is 10. The zero-order valence-corrected chi connectivity index (χ0v) is 14.3. The Morgan fingerprint density at radius 3 is 2.88 bits per heavy atom. The van der Waals surface area contributed by atoms with Gasteiger partial charge in [-0.3, -0.25) is 0 Å². The van der Waals surface area contributed by atoms with Gasteiger partial charge in [0.15, 0.2) is 6.04 Å². The fourth-order valence-corrected chi connectivity index (χ4v) is 2.46. The van der Waals surface area contributed by atoms with Crippen LogP contribution < -0.4 is 11.1 Å². The second kappa shape index (κ2) is 12.8. The third-order valence-electron chi connectivity index (χ3n) is 3.91. The lowest BCUT2D eigenvalue weighted by molar-refractivity contribution is -0.138. The van der Waals surface area contributed by atoms with E-state index in [-0.39, 0.29) is 12.7 Å². The predicted molar refractivity (Wildman–Crippen MR) is 91.8 cm³/mol. The van der Waals surface area contributed by atoms with E-state index >= 15 is 0 Å². The van der Waals surface area contributed by atoms with E-state index in [4.69, 9.17) is 20.3 Å². The number of carbonyl (C=O) groups is 2. The molecule has 0 bridgehead atoms. The summed E-state index contributed by atoms with van der Waals surface area (Å²) in [6.07, 6.45) is 11.6. The van der Waals surface area contributed by atoms with Gasteiger partial charge in [-0.05, 0) is 38.5 Å². The van der Waals surface area contributed by atoms with Crippen LogP contribution in [0.1, 0.15) is 51.4 Å². The molecule has 0 aromatic heterocycles. The van der Waals surface area contributed by atoms with E-state index in [9.17, 15) is 9.59 Å². The highest BCUT2D eigenvalue weighted by molar-refractivity contribution is 5.72. The highest BCUT2D eigenvalue weighted by atomic mass is 16.6. The maximum atomic E-state index is 11.5. The Kier molecular flexibility index (Phi) is 10.9. The van der Waals surface area contributed by atoms with Gasteiger partial charge < -0.3 is 25.6 Å². The molecule has 0 saturated heterocycles. The first-order chi connectivity index (χ1) is 11.6. The Morgan fingerprint density at radius 1 is 1.25 bits per heavy atom. The van der Waals surface area contributed by atoms with Crippen LogP contribution in [0.3, 0.4) is 0 Å². The highest BCUT2D eigenvalue weighted by Crippen LogP contribution is 2.13. The molecule has 7 nitrogen and oxygen atoms in total. The number of alkyl carbamates (subject to hydrolysis) is 1. The Bertz CT molecular complexity index is 400. The quantitative estimate of drug-likeness (QED) is 0.353. The molecule has 1 aliphatic carbocycles. The molecule has 5 N–H and O–H groups in total. The molecule has 0 radical (unpaired) electrons. The highest BCUT2D eigenvalue weighted by Gasteiger charge is 2.18. The smallest absolute Gasteiger partial charge is 0.532 e. The SMILES string of the molecule is NC(CCCCNC(=O)OCCOC1C=CCCCCC1)C(=O)[OH2+]. The number of hydrogen-bond donors (Lipinski definition) is 2. The number of amides is 1. The van der Waals surface area contributed by atoms with Crippen LogP contribution in [-0.2, 0) is 14.3 Å². The molecule has 0 aliphatic heterocycles.